The first-order chi connectivity index (χ1) is 11.5. The summed E-state index contributed by atoms with van der Waals surface area (Å²) in [6.45, 7) is 13.0. The van der Waals surface area contributed by atoms with Crippen LogP contribution in [-0.4, -0.2) is 12.3 Å². The van der Waals surface area contributed by atoms with Crippen molar-refractivity contribution in [3.05, 3.63) is 71.5 Å². The summed E-state index contributed by atoms with van der Waals surface area (Å²) < 4.78 is 0. The number of hydrogen-bond donors (Lipinski definition) is 1. The number of hydrogen-bond acceptors (Lipinski definition) is 2. The van der Waals surface area contributed by atoms with Gasteiger partial charge in [0, 0.05) is 11.4 Å². The molecule has 0 aromatic heterocycles. The predicted molar refractivity (Wildman–Crippen MR) is 108 cm³/mol. The number of aliphatic imine (C=N–C) groups is 1. The van der Waals surface area contributed by atoms with Crippen LogP contribution >= 0.6 is 0 Å². The molecule has 0 aromatic rings. The van der Waals surface area contributed by atoms with Gasteiger partial charge in [0.05, 0.1) is 6.54 Å². The Morgan fingerprint density at radius 3 is 2.71 bits per heavy atom. The van der Waals surface area contributed by atoms with E-state index in [0.29, 0.717) is 5.92 Å². The second kappa shape index (κ2) is 10.6. The summed E-state index contributed by atoms with van der Waals surface area (Å²) in [7, 11) is 0. The van der Waals surface area contributed by atoms with Gasteiger partial charge in [-0.1, -0.05) is 62.5 Å². The summed E-state index contributed by atoms with van der Waals surface area (Å²) >= 11 is 0. The maximum absolute atomic E-state index is 5.83. The largest absolute Gasteiger partial charge is 0.399 e. The molecule has 2 N–H and O–H groups in total. The first-order valence-corrected chi connectivity index (χ1v) is 8.80. The highest BCUT2D eigenvalue weighted by Crippen LogP contribution is 2.23. The van der Waals surface area contributed by atoms with E-state index in [2.05, 4.69) is 32.6 Å². The average Bonchev–Trinajstić information content (AvgIpc) is 2.55. The van der Waals surface area contributed by atoms with E-state index < -0.39 is 0 Å². The summed E-state index contributed by atoms with van der Waals surface area (Å²) in [4.78, 5) is 4.78. The number of allylic oxidation sites excluding steroid dienone is 9. The highest BCUT2D eigenvalue weighted by atomic mass is 14.7. The topological polar surface area (TPSA) is 38.4 Å². The van der Waals surface area contributed by atoms with E-state index in [1.54, 1.807) is 6.08 Å². The number of nitrogens with zero attached hydrogens (tertiary/aromatic N) is 1. The third-order valence-electron chi connectivity index (χ3n) is 3.92. The molecule has 0 aliphatic heterocycles. The number of rotatable bonds is 7. The average molecular weight is 325 g/mol. The third-order valence-corrected chi connectivity index (χ3v) is 3.92. The van der Waals surface area contributed by atoms with Crippen LogP contribution in [-0.2, 0) is 0 Å². The molecule has 0 radical (unpaired) electrons. The van der Waals surface area contributed by atoms with Crippen molar-refractivity contribution in [2.45, 2.75) is 47.0 Å². The fourth-order valence-electron chi connectivity index (χ4n) is 2.63. The Kier molecular flexibility index (Phi) is 8.85. The van der Waals surface area contributed by atoms with E-state index in [1.165, 1.54) is 24.0 Å². The van der Waals surface area contributed by atoms with E-state index >= 15 is 0 Å². The van der Waals surface area contributed by atoms with Gasteiger partial charge in [0.2, 0.25) is 0 Å². The molecule has 1 aliphatic carbocycles. The summed E-state index contributed by atoms with van der Waals surface area (Å²) in [6.07, 6.45) is 17.8. The highest BCUT2D eigenvalue weighted by Gasteiger charge is 2.08. The molecule has 1 rings (SSSR count). The Labute approximate surface area is 147 Å². The fourth-order valence-corrected chi connectivity index (χ4v) is 2.63. The maximum atomic E-state index is 5.83. The van der Waals surface area contributed by atoms with Crippen LogP contribution in [0, 0.1) is 5.92 Å². The molecule has 2 nitrogen and oxygen atoms in total. The van der Waals surface area contributed by atoms with Crippen LogP contribution in [0.4, 0.5) is 0 Å². The van der Waals surface area contributed by atoms with Crippen LogP contribution in [0.15, 0.2) is 76.5 Å². The van der Waals surface area contributed by atoms with Crippen molar-refractivity contribution in [3.63, 3.8) is 0 Å². The second-order valence-electron chi connectivity index (χ2n) is 6.52. The minimum absolute atomic E-state index is 0.602. The van der Waals surface area contributed by atoms with Crippen LogP contribution in [0.3, 0.4) is 0 Å². The smallest absolute Gasteiger partial charge is 0.0606 e. The molecule has 24 heavy (non-hydrogen) atoms. The Hall–Kier alpha value is -2.09. The monoisotopic (exact) mass is 324 g/mol. The van der Waals surface area contributed by atoms with E-state index in [9.17, 15) is 0 Å². The van der Waals surface area contributed by atoms with E-state index in [0.717, 1.165) is 29.9 Å². The van der Waals surface area contributed by atoms with Crippen molar-refractivity contribution in [2.75, 3.05) is 6.54 Å². The highest BCUT2D eigenvalue weighted by molar-refractivity contribution is 6.01. The zero-order chi connectivity index (χ0) is 17.9. The molecule has 2 heteroatoms. The van der Waals surface area contributed by atoms with Gasteiger partial charge in [-0.15, -0.1) is 0 Å². The molecular weight excluding hydrogens is 292 g/mol. The molecule has 0 spiro atoms. The minimum atomic E-state index is 0.602. The van der Waals surface area contributed by atoms with Gasteiger partial charge in [0.15, 0.2) is 0 Å². The summed E-state index contributed by atoms with van der Waals surface area (Å²) in [5, 5.41) is 0. The first-order valence-electron chi connectivity index (χ1n) is 8.80. The summed E-state index contributed by atoms with van der Waals surface area (Å²) in [5.74, 6) is 0.602. The van der Waals surface area contributed by atoms with Gasteiger partial charge in [-0.05, 0) is 56.3 Å². The molecule has 130 valence electrons. The van der Waals surface area contributed by atoms with Gasteiger partial charge in [-0.2, -0.15) is 0 Å². The molecule has 1 aliphatic rings. The first kappa shape index (κ1) is 20.0. The van der Waals surface area contributed by atoms with Crippen LogP contribution in [0.2, 0.25) is 0 Å². The molecule has 0 atom stereocenters. The van der Waals surface area contributed by atoms with E-state index in [4.69, 9.17) is 10.7 Å². The van der Waals surface area contributed by atoms with Gasteiger partial charge >= 0.3 is 0 Å². The third kappa shape index (κ3) is 7.45. The molecular formula is C22H32N2. The Balaban J connectivity index is 2.87. The van der Waals surface area contributed by atoms with Gasteiger partial charge in [0.25, 0.3) is 0 Å². The van der Waals surface area contributed by atoms with Gasteiger partial charge in [-0.25, -0.2) is 0 Å². The molecule has 0 heterocycles. The Morgan fingerprint density at radius 2 is 2.08 bits per heavy atom. The van der Waals surface area contributed by atoms with E-state index in [-0.39, 0.29) is 0 Å². The lowest BCUT2D eigenvalue weighted by Gasteiger charge is -2.15. The molecule has 0 saturated carbocycles. The lowest BCUT2D eigenvalue weighted by molar-refractivity contribution is 0.746. The minimum Gasteiger partial charge on any atom is -0.399 e. The van der Waals surface area contributed by atoms with Crippen LogP contribution in [0.1, 0.15) is 47.0 Å². The Bertz CT molecular complexity index is 608. The van der Waals surface area contributed by atoms with Crippen LogP contribution in [0.5, 0.6) is 0 Å². The lowest BCUT2D eigenvalue weighted by Crippen LogP contribution is -2.03. The van der Waals surface area contributed by atoms with Crippen LogP contribution in [0.25, 0.3) is 0 Å². The van der Waals surface area contributed by atoms with Crippen molar-refractivity contribution in [1.82, 2.24) is 0 Å². The van der Waals surface area contributed by atoms with Crippen molar-refractivity contribution in [2.24, 2.45) is 16.6 Å². The lowest BCUT2D eigenvalue weighted by atomic mass is 9.93. The zero-order valence-electron chi connectivity index (χ0n) is 15.7. The molecule has 0 unspecified atom stereocenters. The zero-order valence-corrected chi connectivity index (χ0v) is 15.7. The SMILES string of the molecule is C=C\C=C(/C=C\C(N)=C/C)C(C)=NCC1=C/C(=C/C(C)C)CCC1. The Morgan fingerprint density at radius 1 is 1.33 bits per heavy atom. The van der Waals surface area contributed by atoms with Gasteiger partial charge < -0.3 is 5.73 Å². The fraction of sp³-hybridized carbons (Fsp3) is 0.409. The molecule has 0 bridgehead atoms. The quantitative estimate of drug-likeness (QED) is 0.475. The molecule has 0 saturated heterocycles. The van der Waals surface area contributed by atoms with E-state index in [1.807, 2.05) is 38.2 Å². The molecule has 0 fully saturated rings. The number of nitrogens with two attached hydrogens (primary N) is 1. The van der Waals surface area contributed by atoms with Crippen LogP contribution < -0.4 is 5.73 Å². The molecule has 0 amide bonds. The van der Waals surface area contributed by atoms with Gasteiger partial charge in [0.1, 0.15) is 0 Å². The van der Waals surface area contributed by atoms with Crippen molar-refractivity contribution in [3.8, 4) is 0 Å². The normalized spacial score (nSPS) is 19.3. The van der Waals surface area contributed by atoms with Crippen molar-refractivity contribution >= 4 is 5.71 Å². The standard InChI is InChI=1S/C22H32N2/c1-6-9-21(12-13-22(23)7-2)18(5)24-16-20-11-8-10-19(15-20)14-17(3)4/h6-7,9,12-15,17H,1,8,10-11,16,23H2,2-5H3/b13-12-,19-14+,21-9+,22-7+,24-18?. The second-order valence-corrected chi connectivity index (χ2v) is 6.52. The van der Waals surface area contributed by atoms with Crippen molar-refractivity contribution < 1.29 is 0 Å². The predicted octanol–water partition coefficient (Wildman–Crippen LogP) is 5.67. The molecule has 0 aromatic carbocycles. The summed E-state index contributed by atoms with van der Waals surface area (Å²) in [6, 6.07) is 0. The van der Waals surface area contributed by atoms with Crippen molar-refractivity contribution in [1.29, 1.82) is 0 Å². The maximum Gasteiger partial charge on any atom is 0.0606 e. The summed E-state index contributed by atoms with van der Waals surface area (Å²) in [5.41, 5.74) is 11.5. The van der Waals surface area contributed by atoms with Gasteiger partial charge in [-0.3, -0.25) is 4.99 Å².